The Morgan fingerprint density at radius 3 is 2.64 bits per heavy atom. The highest BCUT2D eigenvalue weighted by Gasteiger charge is 1.94. The molecule has 0 atom stereocenters. The number of hydrogen-bond acceptors (Lipinski definition) is 2. The van der Waals surface area contributed by atoms with Gasteiger partial charge < -0.3 is 10.5 Å². The summed E-state index contributed by atoms with van der Waals surface area (Å²) in [5.41, 5.74) is 5.09. The van der Waals surface area contributed by atoms with Crippen molar-refractivity contribution in [3.63, 3.8) is 0 Å². The summed E-state index contributed by atoms with van der Waals surface area (Å²) in [6.45, 7) is 5.37. The standard InChI is InChI=1S/C8H18N2O/c1-7(2)4-3-5-11-6-8(9)10/h7H,3-6H2,1-2H3,(H3,9,10). The quantitative estimate of drug-likeness (QED) is 0.348. The molecule has 0 aromatic rings. The Bertz CT molecular complexity index is 113. The third-order valence-electron chi connectivity index (χ3n) is 1.33. The van der Waals surface area contributed by atoms with Crippen molar-refractivity contribution in [2.24, 2.45) is 11.7 Å². The van der Waals surface area contributed by atoms with E-state index >= 15 is 0 Å². The summed E-state index contributed by atoms with van der Waals surface area (Å²) in [6, 6.07) is 0. The molecule has 0 rings (SSSR count). The zero-order chi connectivity index (χ0) is 8.69. The van der Waals surface area contributed by atoms with E-state index in [2.05, 4.69) is 13.8 Å². The van der Waals surface area contributed by atoms with Crippen LogP contribution >= 0.6 is 0 Å². The molecule has 0 radical (unpaired) electrons. The smallest absolute Gasteiger partial charge is 0.117 e. The predicted molar refractivity (Wildman–Crippen MR) is 46.8 cm³/mol. The SMILES string of the molecule is CC(C)CCCOCC(=N)N. The van der Waals surface area contributed by atoms with Crippen LogP contribution in [0.2, 0.25) is 0 Å². The molecule has 11 heavy (non-hydrogen) atoms. The first-order chi connectivity index (χ1) is 5.13. The van der Waals surface area contributed by atoms with Gasteiger partial charge in [0.2, 0.25) is 0 Å². The van der Waals surface area contributed by atoms with Crippen LogP contribution in [0.4, 0.5) is 0 Å². The second kappa shape index (κ2) is 6.16. The number of nitrogens with two attached hydrogens (primary N) is 1. The topological polar surface area (TPSA) is 59.1 Å². The van der Waals surface area contributed by atoms with Crippen molar-refractivity contribution < 1.29 is 4.74 Å². The first-order valence-corrected chi connectivity index (χ1v) is 4.03. The van der Waals surface area contributed by atoms with Gasteiger partial charge in [0, 0.05) is 6.61 Å². The molecular formula is C8H18N2O. The molecule has 0 aliphatic rings. The number of rotatable bonds is 6. The Morgan fingerprint density at radius 2 is 2.18 bits per heavy atom. The van der Waals surface area contributed by atoms with Crippen LogP contribution in [0.25, 0.3) is 0 Å². The van der Waals surface area contributed by atoms with E-state index in [4.69, 9.17) is 15.9 Å². The summed E-state index contributed by atoms with van der Waals surface area (Å²) in [5, 5.41) is 6.87. The van der Waals surface area contributed by atoms with Gasteiger partial charge in [0.1, 0.15) is 12.4 Å². The van der Waals surface area contributed by atoms with Gasteiger partial charge in [0.15, 0.2) is 0 Å². The number of nitrogens with one attached hydrogen (secondary N) is 1. The summed E-state index contributed by atoms with van der Waals surface area (Å²) in [7, 11) is 0. The molecule has 66 valence electrons. The number of amidine groups is 1. The minimum atomic E-state index is 0.106. The van der Waals surface area contributed by atoms with E-state index < -0.39 is 0 Å². The normalized spacial score (nSPS) is 10.5. The molecule has 3 nitrogen and oxygen atoms in total. The van der Waals surface area contributed by atoms with Gasteiger partial charge in [-0.2, -0.15) is 0 Å². The molecule has 0 aliphatic heterocycles. The molecule has 0 aromatic heterocycles. The molecule has 3 heteroatoms. The summed E-state index contributed by atoms with van der Waals surface area (Å²) < 4.78 is 5.10. The van der Waals surface area contributed by atoms with Crippen LogP contribution in [0.5, 0.6) is 0 Å². The fourth-order valence-corrected chi connectivity index (χ4v) is 0.776. The highest BCUT2D eigenvalue weighted by atomic mass is 16.5. The summed E-state index contributed by atoms with van der Waals surface area (Å²) in [5.74, 6) is 0.838. The zero-order valence-electron chi connectivity index (χ0n) is 7.39. The summed E-state index contributed by atoms with van der Waals surface area (Å²) in [6.07, 6.45) is 2.24. The van der Waals surface area contributed by atoms with Crippen LogP contribution in [0.15, 0.2) is 0 Å². The van der Waals surface area contributed by atoms with E-state index in [0.717, 1.165) is 18.9 Å². The molecule has 0 saturated heterocycles. The van der Waals surface area contributed by atoms with Crippen molar-refractivity contribution >= 4 is 5.84 Å². The number of ether oxygens (including phenoxy) is 1. The molecule has 0 amide bonds. The molecule has 0 fully saturated rings. The minimum absolute atomic E-state index is 0.106. The Morgan fingerprint density at radius 1 is 1.55 bits per heavy atom. The highest BCUT2D eigenvalue weighted by molar-refractivity contribution is 5.78. The minimum Gasteiger partial charge on any atom is -0.386 e. The Hall–Kier alpha value is -0.570. The molecule has 0 aromatic carbocycles. The van der Waals surface area contributed by atoms with Crippen molar-refractivity contribution in [2.45, 2.75) is 26.7 Å². The van der Waals surface area contributed by atoms with Crippen LogP contribution in [0.1, 0.15) is 26.7 Å². The average molecular weight is 158 g/mol. The molecule has 0 heterocycles. The van der Waals surface area contributed by atoms with Crippen molar-refractivity contribution in [3.8, 4) is 0 Å². The zero-order valence-corrected chi connectivity index (χ0v) is 7.39. The van der Waals surface area contributed by atoms with Gasteiger partial charge in [0.25, 0.3) is 0 Å². The summed E-state index contributed by atoms with van der Waals surface area (Å²) >= 11 is 0. The second-order valence-electron chi connectivity index (χ2n) is 3.11. The molecule has 0 unspecified atom stereocenters. The molecular weight excluding hydrogens is 140 g/mol. The second-order valence-corrected chi connectivity index (χ2v) is 3.11. The van der Waals surface area contributed by atoms with Gasteiger partial charge in [-0.1, -0.05) is 13.8 Å². The Labute approximate surface area is 68.4 Å². The Balaban J connectivity index is 2.97. The molecule has 0 saturated carbocycles. The van der Waals surface area contributed by atoms with Crippen molar-refractivity contribution in [2.75, 3.05) is 13.2 Å². The maximum Gasteiger partial charge on any atom is 0.117 e. The first-order valence-electron chi connectivity index (χ1n) is 4.03. The molecule has 3 N–H and O–H groups in total. The van der Waals surface area contributed by atoms with Crippen LogP contribution in [0, 0.1) is 11.3 Å². The van der Waals surface area contributed by atoms with Crippen molar-refractivity contribution in [1.29, 1.82) is 5.41 Å². The van der Waals surface area contributed by atoms with Gasteiger partial charge in [-0.15, -0.1) is 0 Å². The molecule has 0 aliphatic carbocycles. The Kier molecular flexibility index (Phi) is 5.84. The monoisotopic (exact) mass is 158 g/mol. The summed E-state index contributed by atoms with van der Waals surface area (Å²) in [4.78, 5) is 0. The van der Waals surface area contributed by atoms with E-state index in [9.17, 15) is 0 Å². The van der Waals surface area contributed by atoms with Crippen molar-refractivity contribution in [1.82, 2.24) is 0 Å². The average Bonchev–Trinajstić information content (AvgIpc) is 1.85. The van der Waals surface area contributed by atoms with E-state index in [1.165, 1.54) is 6.42 Å². The third kappa shape index (κ3) is 9.43. The molecule has 0 spiro atoms. The maximum atomic E-state index is 6.87. The van der Waals surface area contributed by atoms with Crippen molar-refractivity contribution in [3.05, 3.63) is 0 Å². The first kappa shape index (κ1) is 10.4. The lowest BCUT2D eigenvalue weighted by Gasteiger charge is -2.04. The van der Waals surface area contributed by atoms with E-state index in [1.54, 1.807) is 0 Å². The fraction of sp³-hybridized carbons (Fsp3) is 0.875. The van der Waals surface area contributed by atoms with Gasteiger partial charge >= 0.3 is 0 Å². The predicted octanol–water partition coefficient (Wildman–Crippen LogP) is 1.38. The lowest BCUT2D eigenvalue weighted by molar-refractivity contribution is 0.162. The van der Waals surface area contributed by atoms with Gasteiger partial charge in [-0.25, -0.2) is 0 Å². The molecule has 0 bridgehead atoms. The van der Waals surface area contributed by atoms with Gasteiger partial charge in [0.05, 0.1) is 0 Å². The van der Waals surface area contributed by atoms with Crippen LogP contribution in [-0.2, 0) is 4.74 Å². The van der Waals surface area contributed by atoms with Crippen LogP contribution < -0.4 is 5.73 Å². The van der Waals surface area contributed by atoms with Crippen LogP contribution in [0.3, 0.4) is 0 Å². The van der Waals surface area contributed by atoms with Gasteiger partial charge in [-0.3, -0.25) is 5.41 Å². The van der Waals surface area contributed by atoms with Gasteiger partial charge in [-0.05, 0) is 18.8 Å². The number of hydrogen-bond donors (Lipinski definition) is 2. The van der Waals surface area contributed by atoms with Crippen LogP contribution in [-0.4, -0.2) is 19.0 Å². The maximum absolute atomic E-state index is 6.87. The van der Waals surface area contributed by atoms with E-state index in [1.807, 2.05) is 0 Å². The van der Waals surface area contributed by atoms with E-state index in [0.29, 0.717) is 0 Å². The highest BCUT2D eigenvalue weighted by Crippen LogP contribution is 2.02. The lowest BCUT2D eigenvalue weighted by atomic mass is 10.1. The lowest BCUT2D eigenvalue weighted by Crippen LogP contribution is -2.17. The third-order valence-corrected chi connectivity index (χ3v) is 1.33. The fourth-order valence-electron chi connectivity index (χ4n) is 0.776. The largest absolute Gasteiger partial charge is 0.386 e. The van der Waals surface area contributed by atoms with E-state index in [-0.39, 0.29) is 12.4 Å².